The SMILES string of the molecule is O=c1cc(-c2ccc(F)cc2)o[nH]1. The molecule has 0 aliphatic rings. The number of benzene rings is 1. The first kappa shape index (κ1) is 7.79. The summed E-state index contributed by atoms with van der Waals surface area (Å²) >= 11 is 0. The summed E-state index contributed by atoms with van der Waals surface area (Å²) in [6, 6.07) is 7.01. The molecule has 0 amide bonds. The molecule has 2 aromatic rings. The molecule has 0 saturated heterocycles. The first-order valence-electron chi connectivity index (χ1n) is 3.70. The number of hydrogen-bond acceptors (Lipinski definition) is 2. The lowest BCUT2D eigenvalue weighted by molar-refractivity contribution is 0.426. The molecule has 0 unspecified atom stereocenters. The summed E-state index contributed by atoms with van der Waals surface area (Å²) in [5, 5.41) is 2.16. The summed E-state index contributed by atoms with van der Waals surface area (Å²) in [4.78, 5) is 10.7. The average Bonchev–Trinajstić information content (AvgIpc) is 2.53. The molecular weight excluding hydrogens is 173 g/mol. The van der Waals surface area contributed by atoms with Crippen LogP contribution in [0.4, 0.5) is 4.39 Å². The smallest absolute Gasteiger partial charge is 0.280 e. The molecule has 0 aliphatic carbocycles. The van der Waals surface area contributed by atoms with Gasteiger partial charge in [-0.25, -0.2) is 4.39 Å². The van der Waals surface area contributed by atoms with Gasteiger partial charge < -0.3 is 4.52 Å². The van der Waals surface area contributed by atoms with Gasteiger partial charge in [0.1, 0.15) is 5.82 Å². The van der Waals surface area contributed by atoms with Gasteiger partial charge in [0.15, 0.2) is 5.76 Å². The molecule has 0 bridgehead atoms. The molecule has 0 saturated carbocycles. The van der Waals surface area contributed by atoms with Crippen LogP contribution in [-0.2, 0) is 0 Å². The highest BCUT2D eigenvalue weighted by molar-refractivity contribution is 5.55. The van der Waals surface area contributed by atoms with Crippen molar-refractivity contribution in [3.05, 3.63) is 46.5 Å². The van der Waals surface area contributed by atoms with E-state index in [-0.39, 0.29) is 11.4 Å². The predicted octanol–water partition coefficient (Wildman–Crippen LogP) is 1.77. The molecule has 1 aromatic heterocycles. The topological polar surface area (TPSA) is 46.0 Å². The third-order valence-electron chi connectivity index (χ3n) is 1.65. The number of H-pyrrole nitrogens is 1. The third kappa shape index (κ3) is 1.51. The van der Waals surface area contributed by atoms with Crippen LogP contribution in [-0.4, -0.2) is 5.16 Å². The Morgan fingerprint density at radius 1 is 1.23 bits per heavy atom. The van der Waals surface area contributed by atoms with Crippen LogP contribution in [0.3, 0.4) is 0 Å². The summed E-state index contributed by atoms with van der Waals surface area (Å²) in [5.74, 6) is 0.0895. The maximum absolute atomic E-state index is 12.5. The van der Waals surface area contributed by atoms with Gasteiger partial charge in [0.05, 0.1) is 6.07 Å². The van der Waals surface area contributed by atoms with Crippen molar-refractivity contribution < 1.29 is 8.91 Å². The molecule has 0 atom stereocenters. The Kier molecular flexibility index (Phi) is 1.73. The van der Waals surface area contributed by atoms with Gasteiger partial charge in [0, 0.05) is 5.56 Å². The summed E-state index contributed by atoms with van der Waals surface area (Å²) < 4.78 is 17.3. The lowest BCUT2D eigenvalue weighted by Crippen LogP contribution is -1.92. The van der Waals surface area contributed by atoms with Gasteiger partial charge in [-0.3, -0.25) is 4.79 Å². The second-order valence-corrected chi connectivity index (χ2v) is 2.58. The van der Waals surface area contributed by atoms with Crippen molar-refractivity contribution in [1.82, 2.24) is 5.16 Å². The lowest BCUT2D eigenvalue weighted by atomic mass is 10.2. The van der Waals surface area contributed by atoms with Crippen molar-refractivity contribution >= 4 is 0 Å². The van der Waals surface area contributed by atoms with E-state index in [1.54, 1.807) is 12.1 Å². The molecule has 0 radical (unpaired) electrons. The highest BCUT2D eigenvalue weighted by Crippen LogP contribution is 2.16. The Bertz CT molecular complexity index is 455. The Labute approximate surface area is 72.8 Å². The van der Waals surface area contributed by atoms with E-state index in [1.807, 2.05) is 0 Å². The molecule has 4 heteroatoms. The van der Waals surface area contributed by atoms with E-state index in [4.69, 9.17) is 4.52 Å². The van der Waals surface area contributed by atoms with Crippen LogP contribution < -0.4 is 5.56 Å². The zero-order valence-electron chi connectivity index (χ0n) is 6.58. The average molecular weight is 179 g/mol. The number of nitrogens with one attached hydrogen (secondary N) is 1. The Morgan fingerprint density at radius 2 is 1.92 bits per heavy atom. The van der Waals surface area contributed by atoms with Crippen LogP contribution in [0.1, 0.15) is 0 Å². The van der Waals surface area contributed by atoms with Crippen LogP contribution in [0.25, 0.3) is 11.3 Å². The summed E-state index contributed by atoms with van der Waals surface area (Å²) in [6.07, 6.45) is 0. The first-order valence-corrected chi connectivity index (χ1v) is 3.70. The quantitative estimate of drug-likeness (QED) is 0.725. The normalized spacial score (nSPS) is 10.2. The Morgan fingerprint density at radius 3 is 2.46 bits per heavy atom. The van der Waals surface area contributed by atoms with Crippen LogP contribution >= 0.6 is 0 Å². The van der Waals surface area contributed by atoms with E-state index in [9.17, 15) is 9.18 Å². The van der Waals surface area contributed by atoms with Gasteiger partial charge in [-0.05, 0) is 24.3 Å². The lowest BCUT2D eigenvalue weighted by Gasteiger charge is -1.93. The van der Waals surface area contributed by atoms with Crippen molar-refractivity contribution in [2.75, 3.05) is 0 Å². The van der Waals surface area contributed by atoms with Gasteiger partial charge in [-0.15, -0.1) is 0 Å². The van der Waals surface area contributed by atoms with Crippen molar-refractivity contribution in [3.63, 3.8) is 0 Å². The monoisotopic (exact) mass is 179 g/mol. The molecule has 13 heavy (non-hydrogen) atoms. The minimum Gasteiger partial charge on any atom is -0.378 e. The predicted molar refractivity (Wildman–Crippen MR) is 44.7 cm³/mol. The van der Waals surface area contributed by atoms with Crippen LogP contribution in [0, 0.1) is 5.82 Å². The maximum atomic E-state index is 12.5. The van der Waals surface area contributed by atoms with Gasteiger partial charge in [0.2, 0.25) is 0 Å². The zero-order valence-corrected chi connectivity index (χ0v) is 6.58. The van der Waals surface area contributed by atoms with Gasteiger partial charge in [-0.1, -0.05) is 0 Å². The van der Waals surface area contributed by atoms with Crippen LogP contribution in [0.2, 0.25) is 0 Å². The molecule has 66 valence electrons. The molecule has 1 N–H and O–H groups in total. The third-order valence-corrected chi connectivity index (χ3v) is 1.65. The standard InChI is InChI=1S/C9H6FNO2/c10-7-3-1-6(2-4-7)8-5-9(12)11-13-8/h1-5H,(H,11,12). The van der Waals surface area contributed by atoms with E-state index >= 15 is 0 Å². The molecule has 2 rings (SSSR count). The number of aromatic amines is 1. The number of aromatic nitrogens is 1. The van der Waals surface area contributed by atoms with E-state index in [2.05, 4.69) is 5.16 Å². The largest absolute Gasteiger partial charge is 0.378 e. The zero-order chi connectivity index (χ0) is 9.26. The van der Waals surface area contributed by atoms with Gasteiger partial charge >= 0.3 is 0 Å². The van der Waals surface area contributed by atoms with Gasteiger partial charge in [0.25, 0.3) is 5.56 Å². The number of halogens is 1. The Balaban J connectivity index is 2.47. The molecule has 0 aliphatic heterocycles. The van der Waals surface area contributed by atoms with E-state index in [0.29, 0.717) is 11.3 Å². The maximum Gasteiger partial charge on any atom is 0.280 e. The minimum atomic E-state index is -0.318. The van der Waals surface area contributed by atoms with Crippen LogP contribution in [0.15, 0.2) is 39.6 Å². The Hall–Kier alpha value is -1.84. The number of hydrogen-bond donors (Lipinski definition) is 1. The minimum absolute atomic E-state index is 0.306. The summed E-state index contributed by atoms with van der Waals surface area (Å²) in [5.41, 5.74) is 0.360. The van der Waals surface area contributed by atoms with Crippen molar-refractivity contribution in [2.24, 2.45) is 0 Å². The second-order valence-electron chi connectivity index (χ2n) is 2.58. The molecule has 0 fully saturated rings. The molecular formula is C9H6FNO2. The van der Waals surface area contributed by atoms with Gasteiger partial charge in [-0.2, -0.15) is 5.16 Å². The van der Waals surface area contributed by atoms with E-state index in [0.717, 1.165) is 0 Å². The van der Waals surface area contributed by atoms with Crippen molar-refractivity contribution in [2.45, 2.75) is 0 Å². The molecule has 1 aromatic carbocycles. The van der Waals surface area contributed by atoms with Crippen molar-refractivity contribution in [3.8, 4) is 11.3 Å². The molecule has 0 spiro atoms. The molecule has 1 heterocycles. The highest BCUT2D eigenvalue weighted by Gasteiger charge is 2.02. The summed E-state index contributed by atoms with van der Waals surface area (Å²) in [7, 11) is 0. The van der Waals surface area contributed by atoms with E-state index < -0.39 is 0 Å². The fraction of sp³-hybridized carbons (Fsp3) is 0. The van der Waals surface area contributed by atoms with Crippen molar-refractivity contribution in [1.29, 1.82) is 0 Å². The highest BCUT2D eigenvalue weighted by atomic mass is 19.1. The van der Waals surface area contributed by atoms with Crippen LogP contribution in [0.5, 0.6) is 0 Å². The number of rotatable bonds is 1. The first-order chi connectivity index (χ1) is 6.25. The van der Waals surface area contributed by atoms with E-state index in [1.165, 1.54) is 18.2 Å². The second kappa shape index (κ2) is 2.90. The fourth-order valence-corrected chi connectivity index (χ4v) is 1.04. The fourth-order valence-electron chi connectivity index (χ4n) is 1.04. The summed E-state index contributed by atoms with van der Waals surface area (Å²) in [6.45, 7) is 0. The molecule has 3 nitrogen and oxygen atoms in total.